The summed E-state index contributed by atoms with van der Waals surface area (Å²) in [5, 5.41) is 6.70. The summed E-state index contributed by atoms with van der Waals surface area (Å²) in [6.45, 7) is 6.34. The minimum atomic E-state index is 0.160. The van der Waals surface area contributed by atoms with E-state index in [9.17, 15) is 0 Å². The number of hydrogen-bond donors (Lipinski definition) is 2. The van der Waals surface area contributed by atoms with E-state index in [2.05, 4.69) is 30.5 Å². The van der Waals surface area contributed by atoms with Gasteiger partial charge in [0.25, 0.3) is 0 Å². The van der Waals surface area contributed by atoms with Crippen LogP contribution in [0.4, 0.5) is 0 Å². The SMILES string of the molecule is CNC(C)(C)CNCCc1ccc(Cl)s1. The lowest BCUT2D eigenvalue weighted by atomic mass is 10.1. The van der Waals surface area contributed by atoms with Crippen LogP contribution in [0.3, 0.4) is 0 Å². The third-order valence-electron chi connectivity index (χ3n) is 2.42. The lowest BCUT2D eigenvalue weighted by Gasteiger charge is -2.24. The monoisotopic (exact) mass is 246 g/mol. The summed E-state index contributed by atoms with van der Waals surface area (Å²) < 4.78 is 0.876. The fourth-order valence-electron chi connectivity index (χ4n) is 1.19. The lowest BCUT2D eigenvalue weighted by Crippen LogP contribution is -2.46. The smallest absolute Gasteiger partial charge is 0.0931 e. The van der Waals surface area contributed by atoms with Crippen LogP contribution in [-0.2, 0) is 6.42 Å². The van der Waals surface area contributed by atoms with E-state index in [0.717, 1.165) is 23.8 Å². The standard InChI is InChI=1S/C11H19ClN2S/c1-11(2,13-3)8-14-7-6-9-4-5-10(12)15-9/h4-5,13-14H,6-8H2,1-3H3. The maximum atomic E-state index is 5.86. The largest absolute Gasteiger partial charge is 0.315 e. The van der Waals surface area contributed by atoms with Crippen molar-refractivity contribution in [2.45, 2.75) is 25.8 Å². The Labute approximate surface area is 101 Å². The van der Waals surface area contributed by atoms with Gasteiger partial charge >= 0.3 is 0 Å². The van der Waals surface area contributed by atoms with Gasteiger partial charge in [-0.3, -0.25) is 0 Å². The highest BCUT2D eigenvalue weighted by atomic mass is 35.5. The number of rotatable bonds is 6. The number of likely N-dealkylation sites (N-methyl/N-ethyl adjacent to an activating group) is 1. The molecule has 86 valence electrons. The zero-order valence-electron chi connectivity index (χ0n) is 9.56. The Hall–Kier alpha value is -0.0900. The first-order valence-corrected chi connectivity index (χ1v) is 6.37. The molecule has 0 aliphatic carbocycles. The van der Waals surface area contributed by atoms with E-state index in [0.29, 0.717) is 0 Å². The quantitative estimate of drug-likeness (QED) is 0.754. The van der Waals surface area contributed by atoms with Crippen molar-refractivity contribution in [2.24, 2.45) is 0 Å². The Morgan fingerprint density at radius 3 is 2.67 bits per heavy atom. The van der Waals surface area contributed by atoms with Gasteiger partial charge in [0.05, 0.1) is 4.34 Å². The molecule has 0 aromatic carbocycles. The maximum absolute atomic E-state index is 5.86. The molecule has 0 atom stereocenters. The highest BCUT2D eigenvalue weighted by molar-refractivity contribution is 7.16. The third kappa shape index (κ3) is 4.98. The first kappa shape index (κ1) is 13.0. The van der Waals surface area contributed by atoms with E-state index in [4.69, 9.17) is 11.6 Å². The second kappa shape index (κ2) is 5.85. The van der Waals surface area contributed by atoms with Crippen LogP contribution >= 0.6 is 22.9 Å². The predicted octanol–water partition coefficient (Wildman–Crippen LogP) is 2.53. The Kier molecular flexibility index (Phi) is 5.06. The summed E-state index contributed by atoms with van der Waals surface area (Å²) in [5.41, 5.74) is 0.160. The highest BCUT2D eigenvalue weighted by Crippen LogP contribution is 2.21. The molecule has 0 unspecified atom stereocenters. The molecule has 1 heterocycles. The Balaban J connectivity index is 2.17. The third-order valence-corrected chi connectivity index (χ3v) is 3.71. The molecule has 1 aromatic rings. The summed E-state index contributed by atoms with van der Waals surface area (Å²) in [6, 6.07) is 4.05. The first-order valence-electron chi connectivity index (χ1n) is 5.17. The van der Waals surface area contributed by atoms with Crippen molar-refractivity contribution in [1.29, 1.82) is 0 Å². The molecule has 0 radical (unpaired) electrons. The van der Waals surface area contributed by atoms with Gasteiger partial charge in [0.15, 0.2) is 0 Å². The van der Waals surface area contributed by atoms with E-state index < -0.39 is 0 Å². The summed E-state index contributed by atoms with van der Waals surface area (Å²) in [7, 11) is 1.99. The average Bonchev–Trinajstić information content (AvgIpc) is 2.59. The number of thiophene rings is 1. The molecule has 0 fully saturated rings. The number of hydrogen-bond acceptors (Lipinski definition) is 3. The fraction of sp³-hybridized carbons (Fsp3) is 0.636. The molecule has 2 N–H and O–H groups in total. The van der Waals surface area contributed by atoms with Crippen LogP contribution in [0, 0.1) is 0 Å². The van der Waals surface area contributed by atoms with Gasteiger partial charge in [0, 0.05) is 23.5 Å². The Morgan fingerprint density at radius 1 is 1.40 bits per heavy atom. The molecule has 0 spiro atoms. The van der Waals surface area contributed by atoms with Gasteiger partial charge in [0.2, 0.25) is 0 Å². The van der Waals surface area contributed by atoms with E-state index in [1.807, 2.05) is 13.1 Å². The van der Waals surface area contributed by atoms with Gasteiger partial charge in [-0.25, -0.2) is 0 Å². The van der Waals surface area contributed by atoms with Crippen molar-refractivity contribution in [3.8, 4) is 0 Å². The lowest BCUT2D eigenvalue weighted by molar-refractivity contribution is 0.395. The molecule has 0 aliphatic rings. The van der Waals surface area contributed by atoms with Crippen molar-refractivity contribution < 1.29 is 0 Å². The number of nitrogens with one attached hydrogen (secondary N) is 2. The Morgan fingerprint density at radius 2 is 2.13 bits per heavy atom. The molecule has 0 aliphatic heterocycles. The van der Waals surface area contributed by atoms with Crippen molar-refractivity contribution in [3.63, 3.8) is 0 Å². The second-order valence-corrected chi connectivity index (χ2v) is 6.07. The van der Waals surface area contributed by atoms with Crippen LogP contribution in [-0.4, -0.2) is 25.7 Å². The first-order chi connectivity index (χ1) is 7.03. The van der Waals surface area contributed by atoms with E-state index in [1.165, 1.54) is 4.88 Å². The fourth-order valence-corrected chi connectivity index (χ4v) is 2.27. The normalized spacial score (nSPS) is 12.0. The van der Waals surface area contributed by atoms with Crippen LogP contribution in [0.1, 0.15) is 18.7 Å². The van der Waals surface area contributed by atoms with Gasteiger partial charge in [0.1, 0.15) is 0 Å². The minimum absolute atomic E-state index is 0.160. The van der Waals surface area contributed by atoms with Crippen LogP contribution in [0.15, 0.2) is 12.1 Å². The maximum Gasteiger partial charge on any atom is 0.0931 e. The van der Waals surface area contributed by atoms with Gasteiger partial charge < -0.3 is 10.6 Å². The molecule has 15 heavy (non-hydrogen) atoms. The van der Waals surface area contributed by atoms with Crippen LogP contribution in [0.25, 0.3) is 0 Å². The summed E-state index contributed by atoms with van der Waals surface area (Å²) >= 11 is 7.52. The highest BCUT2D eigenvalue weighted by Gasteiger charge is 2.12. The molecule has 0 amide bonds. The molecule has 1 rings (SSSR count). The van der Waals surface area contributed by atoms with E-state index in [1.54, 1.807) is 11.3 Å². The topological polar surface area (TPSA) is 24.1 Å². The van der Waals surface area contributed by atoms with E-state index in [-0.39, 0.29) is 5.54 Å². The van der Waals surface area contributed by atoms with Crippen molar-refractivity contribution in [3.05, 3.63) is 21.3 Å². The molecule has 4 heteroatoms. The average molecular weight is 247 g/mol. The van der Waals surface area contributed by atoms with E-state index >= 15 is 0 Å². The number of halogens is 1. The van der Waals surface area contributed by atoms with Crippen molar-refractivity contribution >= 4 is 22.9 Å². The molecule has 0 saturated carbocycles. The molecule has 0 bridgehead atoms. The van der Waals surface area contributed by atoms with Crippen molar-refractivity contribution in [1.82, 2.24) is 10.6 Å². The van der Waals surface area contributed by atoms with Gasteiger partial charge in [-0.1, -0.05) is 11.6 Å². The second-order valence-electron chi connectivity index (χ2n) is 4.27. The molecule has 2 nitrogen and oxygen atoms in total. The molecular weight excluding hydrogens is 228 g/mol. The van der Waals surface area contributed by atoms with Gasteiger partial charge in [-0.2, -0.15) is 0 Å². The zero-order chi connectivity index (χ0) is 11.3. The van der Waals surface area contributed by atoms with Crippen LogP contribution < -0.4 is 10.6 Å². The Bertz CT molecular complexity index is 297. The van der Waals surface area contributed by atoms with Crippen LogP contribution in [0.2, 0.25) is 4.34 Å². The molecular formula is C11H19ClN2S. The van der Waals surface area contributed by atoms with Crippen LogP contribution in [0.5, 0.6) is 0 Å². The predicted molar refractivity (Wildman–Crippen MR) is 69.0 cm³/mol. The zero-order valence-corrected chi connectivity index (χ0v) is 11.1. The van der Waals surface area contributed by atoms with Gasteiger partial charge in [-0.05, 0) is 39.4 Å². The molecule has 0 saturated heterocycles. The minimum Gasteiger partial charge on any atom is -0.315 e. The molecule has 1 aromatic heterocycles. The summed E-state index contributed by atoms with van der Waals surface area (Å²) in [5.74, 6) is 0. The van der Waals surface area contributed by atoms with Crippen molar-refractivity contribution in [2.75, 3.05) is 20.1 Å². The summed E-state index contributed by atoms with van der Waals surface area (Å²) in [6.07, 6.45) is 1.05. The van der Waals surface area contributed by atoms with Gasteiger partial charge in [-0.15, -0.1) is 11.3 Å². The summed E-state index contributed by atoms with van der Waals surface area (Å²) in [4.78, 5) is 1.34.